The first-order valence-corrected chi connectivity index (χ1v) is 6.55. The summed E-state index contributed by atoms with van der Waals surface area (Å²) in [6.45, 7) is 1.76. The van der Waals surface area contributed by atoms with Crippen LogP contribution in [-0.4, -0.2) is 33.5 Å². The first-order valence-electron chi connectivity index (χ1n) is 5.39. The molecule has 1 fully saturated rings. The Kier molecular flexibility index (Phi) is 3.42. The number of hydrogen-bond donors (Lipinski definition) is 3. The van der Waals surface area contributed by atoms with Crippen molar-refractivity contribution < 1.29 is 14.7 Å². The molecule has 1 aliphatic rings. The number of aromatic amines is 1. The number of carboxylic acid groups (broad SMARTS) is 1. The van der Waals surface area contributed by atoms with E-state index in [-0.39, 0.29) is 17.5 Å². The summed E-state index contributed by atoms with van der Waals surface area (Å²) in [7, 11) is 0. The van der Waals surface area contributed by atoms with Gasteiger partial charge in [0.2, 0.25) is 5.91 Å². The number of carbonyl (C=O) groups is 2. The SMILES string of the molecule is Cc1cc(NC(=O)C2CCSC2)c(C(=O)O)[nH]1. The van der Waals surface area contributed by atoms with Crippen LogP contribution in [0.2, 0.25) is 0 Å². The third-order valence-electron chi connectivity index (χ3n) is 2.72. The zero-order valence-corrected chi connectivity index (χ0v) is 10.3. The Hall–Kier alpha value is -1.43. The average molecular weight is 254 g/mol. The number of H-pyrrole nitrogens is 1. The van der Waals surface area contributed by atoms with Crippen molar-refractivity contribution in [2.45, 2.75) is 13.3 Å². The average Bonchev–Trinajstić information content (AvgIpc) is 2.86. The second-order valence-electron chi connectivity index (χ2n) is 4.10. The molecule has 0 bridgehead atoms. The number of aryl methyl sites for hydroxylation is 1. The topological polar surface area (TPSA) is 82.2 Å². The summed E-state index contributed by atoms with van der Waals surface area (Å²) in [5.74, 6) is 0.663. The molecule has 0 radical (unpaired) electrons. The van der Waals surface area contributed by atoms with Gasteiger partial charge in [0.1, 0.15) is 5.69 Å². The minimum absolute atomic E-state index is 0.00292. The maximum absolute atomic E-state index is 11.9. The number of amides is 1. The summed E-state index contributed by atoms with van der Waals surface area (Å²) in [6.07, 6.45) is 0.863. The molecule has 6 heteroatoms. The molecule has 0 aliphatic carbocycles. The van der Waals surface area contributed by atoms with Crippen LogP contribution in [0.3, 0.4) is 0 Å². The predicted molar refractivity (Wildman–Crippen MR) is 66.6 cm³/mol. The number of aromatic nitrogens is 1. The van der Waals surface area contributed by atoms with Crippen LogP contribution in [0, 0.1) is 12.8 Å². The van der Waals surface area contributed by atoms with Crippen LogP contribution in [0.25, 0.3) is 0 Å². The molecule has 5 nitrogen and oxygen atoms in total. The van der Waals surface area contributed by atoms with E-state index in [1.54, 1.807) is 24.8 Å². The fraction of sp³-hybridized carbons (Fsp3) is 0.455. The highest BCUT2D eigenvalue weighted by atomic mass is 32.2. The smallest absolute Gasteiger partial charge is 0.354 e. The zero-order valence-electron chi connectivity index (χ0n) is 9.45. The lowest BCUT2D eigenvalue weighted by Gasteiger charge is -2.08. The Morgan fingerprint density at radius 2 is 2.35 bits per heavy atom. The lowest BCUT2D eigenvalue weighted by molar-refractivity contribution is -0.119. The number of carboxylic acids is 1. The first-order chi connectivity index (χ1) is 8.08. The largest absolute Gasteiger partial charge is 0.477 e. The molecule has 1 unspecified atom stereocenters. The highest BCUT2D eigenvalue weighted by Crippen LogP contribution is 2.25. The van der Waals surface area contributed by atoms with E-state index in [0.29, 0.717) is 5.69 Å². The fourth-order valence-corrected chi connectivity index (χ4v) is 3.05. The molecule has 1 atom stereocenters. The molecule has 1 amide bonds. The van der Waals surface area contributed by atoms with E-state index < -0.39 is 5.97 Å². The second kappa shape index (κ2) is 4.83. The van der Waals surface area contributed by atoms with Crippen molar-refractivity contribution in [3.05, 3.63) is 17.5 Å². The normalized spacial score (nSPS) is 19.2. The van der Waals surface area contributed by atoms with E-state index in [4.69, 9.17) is 5.11 Å². The number of rotatable bonds is 3. The van der Waals surface area contributed by atoms with Gasteiger partial charge in [-0.1, -0.05) is 0 Å². The van der Waals surface area contributed by atoms with Gasteiger partial charge in [0.05, 0.1) is 5.69 Å². The van der Waals surface area contributed by atoms with Crippen LogP contribution in [0.5, 0.6) is 0 Å². The molecule has 2 heterocycles. The van der Waals surface area contributed by atoms with E-state index in [2.05, 4.69) is 10.3 Å². The van der Waals surface area contributed by atoms with Gasteiger partial charge in [-0.2, -0.15) is 11.8 Å². The fourth-order valence-electron chi connectivity index (χ4n) is 1.83. The summed E-state index contributed by atoms with van der Waals surface area (Å²) in [5, 5.41) is 11.7. The van der Waals surface area contributed by atoms with Gasteiger partial charge >= 0.3 is 5.97 Å². The Morgan fingerprint density at radius 1 is 1.59 bits per heavy atom. The van der Waals surface area contributed by atoms with Crippen LogP contribution in [0.1, 0.15) is 22.6 Å². The molecule has 2 rings (SSSR count). The van der Waals surface area contributed by atoms with Crippen molar-refractivity contribution in [1.82, 2.24) is 4.98 Å². The molecule has 17 heavy (non-hydrogen) atoms. The number of nitrogens with one attached hydrogen (secondary N) is 2. The molecule has 0 spiro atoms. The van der Waals surface area contributed by atoms with Crippen LogP contribution in [0.15, 0.2) is 6.07 Å². The number of aromatic carboxylic acids is 1. The molecule has 1 aromatic heterocycles. The molecule has 3 N–H and O–H groups in total. The van der Waals surface area contributed by atoms with Crippen LogP contribution < -0.4 is 5.32 Å². The first kappa shape index (κ1) is 12.0. The quantitative estimate of drug-likeness (QED) is 0.767. The van der Waals surface area contributed by atoms with Gasteiger partial charge in [-0.3, -0.25) is 4.79 Å². The van der Waals surface area contributed by atoms with Gasteiger partial charge in [-0.15, -0.1) is 0 Å². The minimum atomic E-state index is -1.06. The molecule has 92 valence electrons. The summed E-state index contributed by atoms with van der Waals surface area (Å²) in [4.78, 5) is 25.5. The predicted octanol–water partition coefficient (Wildman–Crippen LogP) is 1.71. The van der Waals surface area contributed by atoms with E-state index >= 15 is 0 Å². The lowest BCUT2D eigenvalue weighted by Crippen LogP contribution is -2.23. The lowest BCUT2D eigenvalue weighted by atomic mass is 10.1. The second-order valence-corrected chi connectivity index (χ2v) is 5.25. The van der Waals surface area contributed by atoms with Crippen LogP contribution in [-0.2, 0) is 4.79 Å². The Labute approximate surface area is 103 Å². The summed E-state index contributed by atoms with van der Waals surface area (Å²) < 4.78 is 0. The van der Waals surface area contributed by atoms with Crippen molar-refractivity contribution in [2.24, 2.45) is 5.92 Å². The Balaban J connectivity index is 2.12. The number of carbonyl (C=O) groups excluding carboxylic acids is 1. The standard InChI is InChI=1S/C11H14N2O3S/c1-6-4-8(9(12-6)11(15)16)13-10(14)7-2-3-17-5-7/h4,7,12H,2-3,5H2,1H3,(H,13,14)(H,15,16). The minimum Gasteiger partial charge on any atom is -0.477 e. The van der Waals surface area contributed by atoms with Crippen molar-refractivity contribution >= 4 is 29.3 Å². The van der Waals surface area contributed by atoms with E-state index in [0.717, 1.165) is 23.6 Å². The van der Waals surface area contributed by atoms with Gasteiger partial charge in [-0.25, -0.2) is 4.79 Å². The van der Waals surface area contributed by atoms with Crippen molar-refractivity contribution in [3.63, 3.8) is 0 Å². The van der Waals surface area contributed by atoms with Gasteiger partial charge in [-0.05, 0) is 25.2 Å². The summed E-state index contributed by atoms with van der Waals surface area (Å²) in [6, 6.07) is 1.64. The maximum Gasteiger partial charge on any atom is 0.354 e. The molecular weight excluding hydrogens is 240 g/mol. The van der Waals surface area contributed by atoms with E-state index in [9.17, 15) is 9.59 Å². The molecular formula is C11H14N2O3S. The molecule has 1 aliphatic heterocycles. The summed E-state index contributed by atoms with van der Waals surface area (Å²) >= 11 is 1.75. The number of anilines is 1. The molecule has 1 aromatic rings. The third kappa shape index (κ3) is 2.63. The number of thioether (sulfide) groups is 1. The number of hydrogen-bond acceptors (Lipinski definition) is 3. The van der Waals surface area contributed by atoms with Crippen molar-refractivity contribution in [3.8, 4) is 0 Å². The third-order valence-corrected chi connectivity index (χ3v) is 3.89. The van der Waals surface area contributed by atoms with Gasteiger partial charge < -0.3 is 15.4 Å². The van der Waals surface area contributed by atoms with Crippen LogP contribution in [0.4, 0.5) is 5.69 Å². The zero-order chi connectivity index (χ0) is 12.4. The van der Waals surface area contributed by atoms with E-state index in [1.807, 2.05) is 0 Å². The van der Waals surface area contributed by atoms with Crippen molar-refractivity contribution in [1.29, 1.82) is 0 Å². The molecule has 0 aromatic carbocycles. The summed E-state index contributed by atoms with van der Waals surface area (Å²) in [5.41, 5.74) is 1.12. The highest BCUT2D eigenvalue weighted by Gasteiger charge is 2.25. The molecule has 0 saturated carbocycles. The van der Waals surface area contributed by atoms with E-state index in [1.165, 1.54) is 0 Å². The van der Waals surface area contributed by atoms with Gasteiger partial charge in [0.15, 0.2) is 0 Å². The van der Waals surface area contributed by atoms with Crippen molar-refractivity contribution in [2.75, 3.05) is 16.8 Å². The van der Waals surface area contributed by atoms with Crippen LogP contribution >= 0.6 is 11.8 Å². The van der Waals surface area contributed by atoms with Gasteiger partial charge in [0, 0.05) is 17.4 Å². The molecule has 1 saturated heterocycles. The maximum atomic E-state index is 11.9. The monoisotopic (exact) mass is 254 g/mol. The Morgan fingerprint density at radius 3 is 2.94 bits per heavy atom. The Bertz CT molecular complexity index is 450. The van der Waals surface area contributed by atoms with Gasteiger partial charge in [0.25, 0.3) is 0 Å². The highest BCUT2D eigenvalue weighted by molar-refractivity contribution is 7.99.